The summed E-state index contributed by atoms with van der Waals surface area (Å²) in [4.78, 5) is 0. The zero-order valence-corrected chi connectivity index (χ0v) is 6.06. The SMILES string of the molecule is OB(O)c1cc2n(n1)CCC2. The summed E-state index contributed by atoms with van der Waals surface area (Å²) in [6.45, 7) is 0.905. The molecule has 1 aliphatic rings. The van der Waals surface area contributed by atoms with E-state index < -0.39 is 7.12 Å². The topological polar surface area (TPSA) is 58.3 Å². The van der Waals surface area contributed by atoms with Crippen LogP contribution in [0.15, 0.2) is 6.07 Å². The molecular formula is C6H9BN2O2. The molecule has 0 aliphatic carbocycles. The Bertz CT molecular complexity index is 250. The maximum atomic E-state index is 8.76. The van der Waals surface area contributed by atoms with E-state index in [2.05, 4.69) is 5.10 Å². The molecule has 0 atom stereocenters. The lowest BCUT2D eigenvalue weighted by Crippen LogP contribution is -2.31. The smallest absolute Gasteiger partial charge is 0.422 e. The first-order valence-electron chi connectivity index (χ1n) is 3.70. The summed E-state index contributed by atoms with van der Waals surface area (Å²) in [6, 6.07) is 1.75. The first kappa shape index (κ1) is 6.88. The second-order valence-corrected chi connectivity index (χ2v) is 2.76. The second-order valence-electron chi connectivity index (χ2n) is 2.76. The molecule has 1 aromatic heterocycles. The summed E-state index contributed by atoms with van der Waals surface area (Å²) in [5.41, 5.74) is 1.47. The van der Waals surface area contributed by atoms with Gasteiger partial charge in [-0.1, -0.05) is 0 Å². The van der Waals surface area contributed by atoms with Crippen LogP contribution in [0.25, 0.3) is 0 Å². The summed E-state index contributed by atoms with van der Waals surface area (Å²) in [5, 5.41) is 21.5. The van der Waals surface area contributed by atoms with Crippen LogP contribution in [0.2, 0.25) is 0 Å². The summed E-state index contributed by atoms with van der Waals surface area (Å²) >= 11 is 0. The van der Waals surface area contributed by atoms with Crippen molar-refractivity contribution in [3.8, 4) is 0 Å². The fourth-order valence-corrected chi connectivity index (χ4v) is 1.41. The summed E-state index contributed by atoms with van der Waals surface area (Å²) in [6.07, 6.45) is 2.11. The number of aryl methyl sites for hydroxylation is 2. The number of aromatic nitrogens is 2. The Balaban J connectivity index is 2.34. The number of rotatable bonds is 1. The number of hydrogen-bond donors (Lipinski definition) is 2. The van der Waals surface area contributed by atoms with Gasteiger partial charge in [0.05, 0.1) is 5.59 Å². The molecular weight excluding hydrogens is 143 g/mol. The van der Waals surface area contributed by atoms with Gasteiger partial charge in [0, 0.05) is 12.2 Å². The Kier molecular flexibility index (Phi) is 1.47. The highest BCUT2D eigenvalue weighted by Gasteiger charge is 2.20. The van der Waals surface area contributed by atoms with Crippen molar-refractivity contribution in [1.82, 2.24) is 9.78 Å². The van der Waals surface area contributed by atoms with Gasteiger partial charge in [-0.3, -0.25) is 4.68 Å². The van der Waals surface area contributed by atoms with E-state index in [1.807, 2.05) is 4.68 Å². The van der Waals surface area contributed by atoms with E-state index in [0.717, 1.165) is 25.1 Å². The van der Waals surface area contributed by atoms with Crippen LogP contribution in [-0.2, 0) is 13.0 Å². The second kappa shape index (κ2) is 2.35. The van der Waals surface area contributed by atoms with Gasteiger partial charge in [-0.05, 0) is 18.9 Å². The van der Waals surface area contributed by atoms with Crippen molar-refractivity contribution < 1.29 is 10.0 Å². The molecule has 58 valence electrons. The molecule has 0 radical (unpaired) electrons. The van der Waals surface area contributed by atoms with Crippen LogP contribution in [0.1, 0.15) is 12.1 Å². The number of nitrogens with zero attached hydrogens (tertiary/aromatic N) is 2. The van der Waals surface area contributed by atoms with Gasteiger partial charge in [0.1, 0.15) is 0 Å². The third-order valence-electron chi connectivity index (χ3n) is 1.95. The van der Waals surface area contributed by atoms with Gasteiger partial charge in [0.25, 0.3) is 0 Å². The van der Waals surface area contributed by atoms with Crippen molar-refractivity contribution in [2.24, 2.45) is 0 Å². The third kappa shape index (κ3) is 1.06. The van der Waals surface area contributed by atoms with Crippen LogP contribution in [0, 0.1) is 0 Å². The van der Waals surface area contributed by atoms with E-state index in [1.165, 1.54) is 0 Å². The van der Waals surface area contributed by atoms with Gasteiger partial charge in [-0.2, -0.15) is 5.10 Å². The van der Waals surface area contributed by atoms with Crippen molar-refractivity contribution in [3.63, 3.8) is 0 Å². The molecule has 0 saturated carbocycles. The van der Waals surface area contributed by atoms with Gasteiger partial charge < -0.3 is 10.0 Å². The van der Waals surface area contributed by atoms with Gasteiger partial charge >= 0.3 is 7.12 Å². The van der Waals surface area contributed by atoms with Crippen molar-refractivity contribution in [2.45, 2.75) is 19.4 Å². The largest absolute Gasteiger partial charge is 0.510 e. The Hall–Kier alpha value is -0.805. The van der Waals surface area contributed by atoms with Crippen molar-refractivity contribution in [1.29, 1.82) is 0 Å². The highest BCUT2D eigenvalue weighted by atomic mass is 16.4. The monoisotopic (exact) mass is 152 g/mol. The zero-order valence-electron chi connectivity index (χ0n) is 6.06. The standard InChI is InChI=1S/C6H9BN2O2/c10-7(11)6-4-5-2-1-3-9(5)8-6/h4,10-11H,1-3H2. The predicted molar refractivity (Wildman–Crippen MR) is 40.4 cm³/mol. The predicted octanol–water partition coefficient (Wildman–Crippen LogP) is -1.49. The van der Waals surface area contributed by atoms with E-state index in [-0.39, 0.29) is 0 Å². The van der Waals surface area contributed by atoms with Crippen molar-refractivity contribution >= 4 is 12.7 Å². The average Bonchev–Trinajstić information content (AvgIpc) is 2.40. The molecule has 0 unspecified atom stereocenters. The molecule has 5 heteroatoms. The third-order valence-corrected chi connectivity index (χ3v) is 1.95. The number of hydrogen-bond acceptors (Lipinski definition) is 3. The van der Waals surface area contributed by atoms with E-state index in [9.17, 15) is 0 Å². The van der Waals surface area contributed by atoms with Crippen LogP contribution < -0.4 is 5.59 Å². The van der Waals surface area contributed by atoms with Crippen molar-refractivity contribution in [3.05, 3.63) is 11.8 Å². The first-order chi connectivity index (χ1) is 5.27. The van der Waals surface area contributed by atoms with Gasteiger partial charge in [0.15, 0.2) is 0 Å². The minimum absolute atomic E-state index is 0.361. The number of fused-ring (bicyclic) bond motifs is 1. The lowest BCUT2D eigenvalue weighted by atomic mass is 9.86. The van der Waals surface area contributed by atoms with Crippen LogP contribution in [0.4, 0.5) is 0 Å². The first-order valence-corrected chi connectivity index (χ1v) is 3.70. The van der Waals surface area contributed by atoms with E-state index in [0.29, 0.717) is 5.59 Å². The molecule has 2 heterocycles. The molecule has 11 heavy (non-hydrogen) atoms. The molecule has 0 aromatic carbocycles. The quantitative estimate of drug-likeness (QED) is 0.482. The molecule has 0 bridgehead atoms. The van der Waals surface area contributed by atoms with E-state index >= 15 is 0 Å². The van der Waals surface area contributed by atoms with Gasteiger partial charge in [-0.15, -0.1) is 0 Å². The van der Waals surface area contributed by atoms with E-state index in [1.54, 1.807) is 6.07 Å². The highest BCUT2D eigenvalue weighted by molar-refractivity contribution is 6.57. The van der Waals surface area contributed by atoms with Gasteiger partial charge in [0.2, 0.25) is 0 Å². The maximum absolute atomic E-state index is 8.76. The zero-order chi connectivity index (χ0) is 7.84. The van der Waals surface area contributed by atoms with Crippen LogP contribution in [0.3, 0.4) is 0 Å². The fraction of sp³-hybridized carbons (Fsp3) is 0.500. The Labute approximate surface area is 64.6 Å². The molecule has 4 nitrogen and oxygen atoms in total. The van der Waals surface area contributed by atoms with Crippen LogP contribution in [0.5, 0.6) is 0 Å². The van der Waals surface area contributed by atoms with Crippen LogP contribution in [-0.4, -0.2) is 26.9 Å². The van der Waals surface area contributed by atoms with Crippen LogP contribution >= 0.6 is 0 Å². The van der Waals surface area contributed by atoms with Gasteiger partial charge in [-0.25, -0.2) is 0 Å². The normalized spacial score (nSPS) is 15.1. The molecule has 0 saturated heterocycles. The minimum Gasteiger partial charge on any atom is -0.422 e. The summed E-state index contributed by atoms with van der Waals surface area (Å²) < 4.78 is 1.83. The Morgan fingerprint density at radius 1 is 1.55 bits per heavy atom. The lowest BCUT2D eigenvalue weighted by Gasteiger charge is -1.92. The Morgan fingerprint density at radius 3 is 3.00 bits per heavy atom. The average molecular weight is 152 g/mol. The summed E-state index contributed by atoms with van der Waals surface area (Å²) in [5.74, 6) is 0. The summed E-state index contributed by atoms with van der Waals surface area (Å²) in [7, 11) is -1.42. The molecule has 1 aromatic rings. The fourth-order valence-electron chi connectivity index (χ4n) is 1.41. The molecule has 0 fully saturated rings. The molecule has 1 aliphatic heterocycles. The molecule has 2 rings (SSSR count). The Morgan fingerprint density at radius 2 is 2.36 bits per heavy atom. The molecule has 0 amide bonds. The molecule has 2 N–H and O–H groups in total. The van der Waals surface area contributed by atoms with Crippen molar-refractivity contribution in [2.75, 3.05) is 0 Å². The lowest BCUT2D eigenvalue weighted by molar-refractivity contribution is 0.423. The van der Waals surface area contributed by atoms with E-state index in [4.69, 9.17) is 10.0 Å². The highest BCUT2D eigenvalue weighted by Crippen LogP contribution is 2.10. The maximum Gasteiger partial charge on any atom is 0.510 e. The molecule has 0 spiro atoms. The minimum atomic E-state index is -1.42.